The highest BCUT2D eigenvalue weighted by atomic mass is 79.9. The Labute approximate surface area is 109 Å². The summed E-state index contributed by atoms with van der Waals surface area (Å²) >= 11 is 11.5. The van der Waals surface area contributed by atoms with Crippen LogP contribution in [0.3, 0.4) is 0 Å². The molecule has 0 radical (unpaired) electrons. The molecule has 15 heavy (non-hydrogen) atoms. The zero-order valence-corrected chi connectivity index (χ0v) is 12.0. The quantitative estimate of drug-likeness (QED) is 0.812. The highest BCUT2D eigenvalue weighted by molar-refractivity contribution is 9.11. The molecule has 1 aromatic rings. The maximum atomic E-state index is 11.3. The summed E-state index contributed by atoms with van der Waals surface area (Å²) in [4.78, 5) is 7.78. The van der Waals surface area contributed by atoms with Crippen LogP contribution in [0.2, 0.25) is 0 Å². The second-order valence-corrected chi connectivity index (χ2v) is 6.23. The topological polar surface area (TPSA) is 72.0 Å². The number of alkyl halides is 1. The summed E-state index contributed by atoms with van der Waals surface area (Å²) in [5.74, 6) is -0.00125. The first-order chi connectivity index (χ1) is 6.94. The Kier molecular flexibility index (Phi) is 4.75. The summed E-state index contributed by atoms with van der Waals surface area (Å²) < 4.78 is 25.8. The minimum Gasteiger partial charge on any atom is -0.265 e. The Hall–Kier alpha value is 0.0800. The number of anilines is 1. The van der Waals surface area contributed by atoms with Crippen LogP contribution in [0.4, 0.5) is 5.82 Å². The van der Waals surface area contributed by atoms with Crippen molar-refractivity contribution in [2.45, 2.75) is 0 Å². The molecule has 0 saturated heterocycles. The van der Waals surface area contributed by atoms with E-state index in [1.54, 1.807) is 0 Å². The number of nitrogens with one attached hydrogen (secondary N) is 1. The number of aromatic nitrogens is 2. The van der Waals surface area contributed by atoms with Crippen LogP contribution in [0, 0.1) is 0 Å². The predicted molar refractivity (Wildman–Crippen MR) is 65.6 cm³/mol. The van der Waals surface area contributed by atoms with Crippen molar-refractivity contribution in [2.75, 3.05) is 16.4 Å². The first-order valence-corrected chi connectivity index (χ1v) is 7.46. The molecule has 84 valence electrons. The normalized spacial score (nSPS) is 11.4. The summed E-state index contributed by atoms with van der Waals surface area (Å²) in [6.07, 6.45) is 1.39. The minimum absolute atomic E-state index is 0.0247. The summed E-state index contributed by atoms with van der Waals surface area (Å²) in [7, 11) is -3.45. The van der Waals surface area contributed by atoms with Gasteiger partial charge in [-0.25, -0.2) is 18.4 Å². The van der Waals surface area contributed by atoms with Crippen LogP contribution < -0.4 is 4.72 Å². The molecular formula is C6H6Br2ClN3O2S. The molecular weight excluding hydrogens is 373 g/mol. The van der Waals surface area contributed by atoms with Crippen molar-refractivity contribution in [3.05, 3.63) is 15.4 Å². The average molecular weight is 379 g/mol. The van der Waals surface area contributed by atoms with Gasteiger partial charge in [0, 0.05) is 5.88 Å². The Morgan fingerprint density at radius 2 is 2.13 bits per heavy atom. The van der Waals surface area contributed by atoms with Gasteiger partial charge in [-0.1, -0.05) is 0 Å². The number of rotatable bonds is 4. The lowest BCUT2D eigenvalue weighted by atomic mass is 10.7. The molecule has 0 aliphatic heterocycles. The average Bonchev–Trinajstić information content (AvgIpc) is 2.09. The van der Waals surface area contributed by atoms with Crippen molar-refractivity contribution in [3.63, 3.8) is 0 Å². The Balaban J connectivity index is 2.90. The summed E-state index contributed by atoms with van der Waals surface area (Å²) in [6, 6.07) is 0. The molecule has 1 rings (SSSR count). The molecule has 9 heteroatoms. The van der Waals surface area contributed by atoms with E-state index in [2.05, 4.69) is 46.5 Å². The third-order valence-electron chi connectivity index (χ3n) is 1.30. The summed E-state index contributed by atoms with van der Waals surface area (Å²) in [5.41, 5.74) is 0. The first-order valence-electron chi connectivity index (χ1n) is 3.69. The van der Waals surface area contributed by atoms with E-state index in [0.717, 1.165) is 0 Å². The van der Waals surface area contributed by atoms with Gasteiger partial charge in [0.15, 0.2) is 10.4 Å². The van der Waals surface area contributed by atoms with Gasteiger partial charge < -0.3 is 0 Å². The molecule has 0 aliphatic carbocycles. The lowest BCUT2D eigenvalue weighted by Gasteiger charge is -2.06. The highest BCUT2D eigenvalue weighted by Crippen LogP contribution is 2.20. The molecule has 0 amide bonds. The van der Waals surface area contributed by atoms with Crippen LogP contribution in [0.25, 0.3) is 0 Å². The minimum atomic E-state index is -3.45. The Bertz CT molecular complexity index is 454. The molecule has 0 atom stereocenters. The molecule has 0 aromatic carbocycles. The smallest absolute Gasteiger partial charge is 0.235 e. The number of hydrogen-bond acceptors (Lipinski definition) is 4. The number of halogens is 3. The molecule has 0 spiro atoms. The van der Waals surface area contributed by atoms with Gasteiger partial charge in [0.05, 0.1) is 11.9 Å². The van der Waals surface area contributed by atoms with Crippen molar-refractivity contribution in [1.82, 2.24) is 9.97 Å². The van der Waals surface area contributed by atoms with Gasteiger partial charge in [0.1, 0.15) is 4.60 Å². The molecule has 0 aliphatic rings. The second kappa shape index (κ2) is 5.42. The van der Waals surface area contributed by atoms with Crippen molar-refractivity contribution < 1.29 is 8.42 Å². The zero-order valence-electron chi connectivity index (χ0n) is 7.24. The van der Waals surface area contributed by atoms with Gasteiger partial charge in [0.25, 0.3) is 0 Å². The fourth-order valence-electron chi connectivity index (χ4n) is 0.715. The highest BCUT2D eigenvalue weighted by Gasteiger charge is 2.13. The number of hydrogen-bond donors (Lipinski definition) is 1. The van der Waals surface area contributed by atoms with Crippen LogP contribution in [0.1, 0.15) is 0 Å². The van der Waals surface area contributed by atoms with E-state index in [0.29, 0.717) is 9.21 Å². The van der Waals surface area contributed by atoms with E-state index in [1.165, 1.54) is 6.20 Å². The van der Waals surface area contributed by atoms with E-state index >= 15 is 0 Å². The number of nitrogens with zero attached hydrogens (tertiary/aromatic N) is 2. The molecule has 0 saturated carbocycles. The van der Waals surface area contributed by atoms with Crippen molar-refractivity contribution >= 4 is 59.3 Å². The van der Waals surface area contributed by atoms with Crippen molar-refractivity contribution in [3.8, 4) is 0 Å². The van der Waals surface area contributed by atoms with Crippen molar-refractivity contribution in [2.24, 2.45) is 0 Å². The fraction of sp³-hybridized carbons (Fsp3) is 0.333. The van der Waals surface area contributed by atoms with Crippen LogP contribution in [-0.4, -0.2) is 30.0 Å². The summed E-state index contributed by atoms with van der Waals surface area (Å²) in [5, 5.41) is 0. The Morgan fingerprint density at radius 1 is 1.47 bits per heavy atom. The van der Waals surface area contributed by atoms with E-state index in [9.17, 15) is 8.42 Å². The summed E-state index contributed by atoms with van der Waals surface area (Å²) in [6.45, 7) is 0. The van der Waals surface area contributed by atoms with Crippen LogP contribution in [0.15, 0.2) is 15.4 Å². The van der Waals surface area contributed by atoms with Crippen LogP contribution >= 0.6 is 43.5 Å². The maximum Gasteiger partial charge on any atom is 0.235 e. The van der Waals surface area contributed by atoms with Crippen LogP contribution in [-0.2, 0) is 10.0 Å². The molecule has 1 N–H and O–H groups in total. The second-order valence-electron chi connectivity index (χ2n) is 2.44. The molecule has 1 aromatic heterocycles. The van der Waals surface area contributed by atoms with Gasteiger partial charge >= 0.3 is 0 Å². The monoisotopic (exact) mass is 377 g/mol. The lowest BCUT2D eigenvalue weighted by molar-refractivity contribution is 0.602. The van der Waals surface area contributed by atoms with E-state index < -0.39 is 10.0 Å². The van der Waals surface area contributed by atoms with Gasteiger partial charge in [-0.3, -0.25) is 4.72 Å². The lowest BCUT2D eigenvalue weighted by Crippen LogP contribution is -2.18. The van der Waals surface area contributed by atoms with Gasteiger partial charge in [-0.2, -0.15) is 0 Å². The third-order valence-corrected chi connectivity index (χ3v) is 3.89. The molecule has 0 bridgehead atoms. The van der Waals surface area contributed by atoms with Gasteiger partial charge in [-0.15, -0.1) is 11.6 Å². The standard InChI is InChI=1S/C6H6Br2ClN3O2S/c7-4-3-10-6(5(8)11-4)12-15(13,14)2-1-9/h3H,1-2H2,(H,10,12). The number of sulfonamides is 1. The third kappa shape index (κ3) is 4.21. The van der Waals surface area contributed by atoms with E-state index in [1.807, 2.05) is 0 Å². The molecule has 5 nitrogen and oxygen atoms in total. The van der Waals surface area contributed by atoms with Crippen LogP contribution in [0.5, 0.6) is 0 Å². The molecule has 0 fully saturated rings. The maximum absolute atomic E-state index is 11.3. The fourth-order valence-corrected chi connectivity index (χ4v) is 3.12. The Morgan fingerprint density at radius 3 is 2.67 bits per heavy atom. The van der Waals surface area contributed by atoms with Gasteiger partial charge in [-0.05, 0) is 31.9 Å². The first kappa shape index (κ1) is 13.1. The van der Waals surface area contributed by atoms with Gasteiger partial charge in [0.2, 0.25) is 10.0 Å². The van der Waals surface area contributed by atoms with E-state index in [-0.39, 0.29) is 17.5 Å². The SMILES string of the molecule is O=S(=O)(CCCl)Nc1ncc(Br)nc1Br. The largest absolute Gasteiger partial charge is 0.265 e. The van der Waals surface area contributed by atoms with E-state index in [4.69, 9.17) is 11.6 Å². The molecule has 0 unspecified atom stereocenters. The van der Waals surface area contributed by atoms with Crippen molar-refractivity contribution in [1.29, 1.82) is 0 Å². The molecule has 1 heterocycles. The zero-order chi connectivity index (χ0) is 11.5. The predicted octanol–water partition coefficient (Wildman–Crippen LogP) is 1.98.